The van der Waals surface area contributed by atoms with Gasteiger partial charge in [-0.05, 0) is 79.1 Å². The van der Waals surface area contributed by atoms with Crippen LogP contribution in [0.25, 0.3) is 0 Å². The van der Waals surface area contributed by atoms with Gasteiger partial charge in [0.05, 0.1) is 0 Å². The molecule has 4 rings (SSSR count). The van der Waals surface area contributed by atoms with Crippen LogP contribution in [0.2, 0.25) is 0 Å². The highest BCUT2D eigenvalue weighted by atomic mass is 19.4. The molecule has 0 aromatic heterocycles. The molecule has 24 heavy (non-hydrogen) atoms. The smallest absolute Gasteiger partial charge is 0.295 e. The zero-order valence-corrected chi connectivity index (χ0v) is 14.4. The van der Waals surface area contributed by atoms with Gasteiger partial charge < -0.3 is 0 Å². The first-order valence-electron chi connectivity index (χ1n) is 9.52. The van der Waals surface area contributed by atoms with E-state index in [1.807, 2.05) is 0 Å². The maximum absolute atomic E-state index is 13.2. The molecule has 0 unspecified atom stereocenters. The van der Waals surface area contributed by atoms with Gasteiger partial charge in [0.15, 0.2) is 5.78 Å². The van der Waals surface area contributed by atoms with E-state index >= 15 is 0 Å². The van der Waals surface area contributed by atoms with E-state index in [-0.39, 0.29) is 17.1 Å². The molecular formula is C20H27F3O. The van der Waals surface area contributed by atoms with Gasteiger partial charge in [0.25, 0.3) is 0 Å². The number of alkyl halides is 3. The molecule has 3 saturated carbocycles. The van der Waals surface area contributed by atoms with E-state index in [1.54, 1.807) is 6.08 Å². The number of halogens is 3. The Morgan fingerprint density at radius 2 is 1.92 bits per heavy atom. The lowest BCUT2D eigenvalue weighted by molar-refractivity contribution is -0.182. The average Bonchev–Trinajstić information content (AvgIpc) is 2.89. The van der Waals surface area contributed by atoms with E-state index in [4.69, 9.17) is 0 Å². The molecule has 0 bridgehead atoms. The molecule has 4 heteroatoms. The molecule has 4 aliphatic rings. The van der Waals surface area contributed by atoms with E-state index in [9.17, 15) is 18.0 Å². The third-order valence-electron chi connectivity index (χ3n) is 8.12. The molecule has 0 amide bonds. The van der Waals surface area contributed by atoms with E-state index < -0.39 is 18.0 Å². The Morgan fingerprint density at radius 1 is 1.12 bits per heavy atom. The van der Waals surface area contributed by atoms with Gasteiger partial charge in [0.1, 0.15) is 0 Å². The van der Waals surface area contributed by atoms with Crippen LogP contribution in [0.4, 0.5) is 13.2 Å². The van der Waals surface area contributed by atoms with E-state index in [2.05, 4.69) is 13.0 Å². The van der Waals surface area contributed by atoms with Gasteiger partial charge in [-0.1, -0.05) is 19.4 Å². The molecule has 0 spiro atoms. The second-order valence-corrected chi connectivity index (χ2v) is 9.11. The number of fused-ring (bicyclic) bond motifs is 5. The number of hydrogen-bond donors (Lipinski definition) is 0. The molecule has 0 heterocycles. The largest absolute Gasteiger partial charge is 0.389 e. The summed E-state index contributed by atoms with van der Waals surface area (Å²) >= 11 is 0. The quantitative estimate of drug-likeness (QED) is 0.599. The van der Waals surface area contributed by atoms with Crippen molar-refractivity contribution in [3.63, 3.8) is 0 Å². The number of allylic oxidation sites excluding steroid dienone is 2. The standard InChI is InChI=1S/C20H27F3O/c1-18-9-6-14(24)11-13(18)4-5-15-16(18)7-10-19(12-20(21,22)23)8-2-3-17(15)19/h6,9,13,15-17H,2-5,7-8,10-12H2,1H3/t13-,15+,16-,17-,18-,19-/m0/s1. The van der Waals surface area contributed by atoms with E-state index in [0.717, 1.165) is 44.9 Å². The summed E-state index contributed by atoms with van der Waals surface area (Å²) in [5, 5.41) is 0. The van der Waals surface area contributed by atoms with Crippen molar-refractivity contribution in [1.29, 1.82) is 0 Å². The van der Waals surface area contributed by atoms with Crippen LogP contribution in [0.1, 0.15) is 64.7 Å². The zero-order chi connectivity index (χ0) is 17.2. The molecule has 0 aromatic rings. The fraction of sp³-hybridized carbons (Fsp3) is 0.850. The summed E-state index contributed by atoms with van der Waals surface area (Å²) in [5.74, 6) is 1.74. The number of carbonyl (C=O) groups excluding carboxylic acids is 1. The van der Waals surface area contributed by atoms with E-state index in [0.29, 0.717) is 24.2 Å². The van der Waals surface area contributed by atoms with Crippen LogP contribution >= 0.6 is 0 Å². The second-order valence-electron chi connectivity index (χ2n) is 9.11. The van der Waals surface area contributed by atoms with Gasteiger partial charge in [-0.2, -0.15) is 13.2 Å². The summed E-state index contributed by atoms with van der Waals surface area (Å²) in [4.78, 5) is 11.8. The molecule has 0 radical (unpaired) electrons. The Hall–Kier alpha value is -0.800. The maximum atomic E-state index is 13.2. The van der Waals surface area contributed by atoms with Crippen LogP contribution in [-0.2, 0) is 4.79 Å². The van der Waals surface area contributed by atoms with Crippen LogP contribution in [-0.4, -0.2) is 12.0 Å². The number of rotatable bonds is 1. The molecule has 0 aliphatic heterocycles. The minimum Gasteiger partial charge on any atom is -0.295 e. The predicted molar refractivity (Wildman–Crippen MR) is 86.3 cm³/mol. The summed E-state index contributed by atoms with van der Waals surface area (Å²) in [6.45, 7) is 2.27. The van der Waals surface area contributed by atoms with E-state index in [1.165, 1.54) is 0 Å². The van der Waals surface area contributed by atoms with Crippen molar-refractivity contribution in [2.24, 2.45) is 34.5 Å². The summed E-state index contributed by atoms with van der Waals surface area (Å²) in [6.07, 6.45) is 6.21. The minimum absolute atomic E-state index is 0.0177. The number of carbonyl (C=O) groups is 1. The third kappa shape index (κ3) is 2.47. The van der Waals surface area contributed by atoms with Crippen LogP contribution in [0.15, 0.2) is 12.2 Å². The van der Waals surface area contributed by atoms with Gasteiger partial charge in [-0.25, -0.2) is 0 Å². The monoisotopic (exact) mass is 340 g/mol. The van der Waals surface area contributed by atoms with Crippen LogP contribution in [0, 0.1) is 34.5 Å². The number of hydrogen-bond acceptors (Lipinski definition) is 1. The van der Waals surface area contributed by atoms with Crippen molar-refractivity contribution in [1.82, 2.24) is 0 Å². The highest BCUT2D eigenvalue weighted by Gasteiger charge is 2.60. The van der Waals surface area contributed by atoms with Crippen LogP contribution < -0.4 is 0 Å². The summed E-state index contributed by atoms with van der Waals surface area (Å²) in [6, 6.07) is 0. The lowest BCUT2D eigenvalue weighted by atomic mass is 9.46. The van der Waals surface area contributed by atoms with Crippen LogP contribution in [0.3, 0.4) is 0 Å². The second kappa shape index (κ2) is 5.35. The molecule has 4 aliphatic carbocycles. The topological polar surface area (TPSA) is 17.1 Å². The third-order valence-corrected chi connectivity index (χ3v) is 8.12. The maximum Gasteiger partial charge on any atom is 0.389 e. The summed E-state index contributed by atoms with van der Waals surface area (Å²) < 4.78 is 39.7. The summed E-state index contributed by atoms with van der Waals surface area (Å²) in [5.41, 5.74) is -0.472. The van der Waals surface area contributed by atoms with Crippen molar-refractivity contribution < 1.29 is 18.0 Å². The van der Waals surface area contributed by atoms with Gasteiger partial charge >= 0.3 is 6.18 Å². The molecule has 0 aromatic carbocycles. The SMILES string of the molecule is C[C@]12C=CC(=O)C[C@@H]1CC[C@H]1[C@@H]3CCC[C@@]3(CC(F)(F)F)CC[C@@H]12. The fourth-order valence-electron chi connectivity index (χ4n) is 7.14. The Balaban J connectivity index is 1.64. The first-order chi connectivity index (χ1) is 11.2. The Kier molecular flexibility index (Phi) is 3.71. The first-order valence-corrected chi connectivity index (χ1v) is 9.52. The Morgan fingerprint density at radius 3 is 2.67 bits per heavy atom. The lowest BCUT2D eigenvalue weighted by Gasteiger charge is -2.59. The summed E-state index contributed by atoms with van der Waals surface area (Å²) in [7, 11) is 0. The van der Waals surface area contributed by atoms with Gasteiger partial charge in [0, 0.05) is 12.8 Å². The Labute approximate surface area is 142 Å². The average molecular weight is 340 g/mol. The normalized spacial score (nSPS) is 47.9. The first kappa shape index (κ1) is 16.7. The molecule has 134 valence electrons. The lowest BCUT2D eigenvalue weighted by Crippen LogP contribution is -2.52. The zero-order valence-electron chi connectivity index (χ0n) is 14.4. The van der Waals surface area contributed by atoms with Gasteiger partial charge in [0.2, 0.25) is 0 Å². The number of ketones is 1. The molecule has 0 saturated heterocycles. The predicted octanol–water partition coefficient (Wildman–Crippen LogP) is 5.70. The molecule has 0 N–H and O–H groups in total. The fourth-order valence-corrected chi connectivity index (χ4v) is 7.14. The van der Waals surface area contributed by atoms with Gasteiger partial charge in [-0.15, -0.1) is 0 Å². The van der Waals surface area contributed by atoms with Crippen molar-refractivity contribution in [3.05, 3.63) is 12.2 Å². The molecule has 3 fully saturated rings. The highest BCUT2D eigenvalue weighted by Crippen LogP contribution is 2.67. The highest BCUT2D eigenvalue weighted by molar-refractivity contribution is 5.91. The van der Waals surface area contributed by atoms with Crippen molar-refractivity contribution >= 4 is 5.78 Å². The molecule has 6 atom stereocenters. The minimum atomic E-state index is -4.05. The molecule has 1 nitrogen and oxygen atoms in total. The van der Waals surface area contributed by atoms with Gasteiger partial charge in [-0.3, -0.25) is 4.79 Å². The molecular weight excluding hydrogens is 313 g/mol. The van der Waals surface area contributed by atoms with Crippen LogP contribution in [0.5, 0.6) is 0 Å². The van der Waals surface area contributed by atoms with Crippen molar-refractivity contribution in [2.45, 2.75) is 70.9 Å². The van der Waals surface area contributed by atoms with Crippen molar-refractivity contribution in [3.8, 4) is 0 Å². The Bertz CT molecular complexity index is 566. The van der Waals surface area contributed by atoms with Crippen molar-refractivity contribution in [2.75, 3.05) is 0 Å².